The average Bonchev–Trinajstić information content (AvgIpc) is 3.16. The Hall–Kier alpha value is -1.85. The maximum atomic E-state index is 5.50. The van der Waals surface area contributed by atoms with Crippen LogP contribution in [-0.4, -0.2) is 60.9 Å². The van der Waals surface area contributed by atoms with Gasteiger partial charge < -0.3 is 14.2 Å². The van der Waals surface area contributed by atoms with Crippen LogP contribution in [0.1, 0.15) is 31.4 Å². The summed E-state index contributed by atoms with van der Waals surface area (Å²) < 4.78 is 7.87. The number of morpholine rings is 1. The molecule has 140 valence electrons. The number of fused-ring (bicyclic) bond motifs is 1. The standard InChI is InChI=1S/C21H30N4O/c1-3-19(15-24-9-11-26-12-10-24)25-16-22-14-21(25)18-6-7-20-17(13-18)5-4-8-23(20)2/h6-7,13-14,16,19H,3-5,8-12,15H2,1-2H3/t19-/m1/s1. The van der Waals surface area contributed by atoms with Gasteiger partial charge in [0.25, 0.3) is 0 Å². The topological polar surface area (TPSA) is 33.5 Å². The number of benzene rings is 1. The van der Waals surface area contributed by atoms with Crippen molar-refractivity contribution in [1.82, 2.24) is 14.5 Å². The van der Waals surface area contributed by atoms with Gasteiger partial charge in [-0.25, -0.2) is 4.98 Å². The van der Waals surface area contributed by atoms with Crippen molar-refractivity contribution in [3.05, 3.63) is 36.3 Å². The summed E-state index contributed by atoms with van der Waals surface area (Å²) in [5, 5.41) is 0. The van der Waals surface area contributed by atoms with Gasteiger partial charge in [0.15, 0.2) is 0 Å². The molecule has 2 aliphatic heterocycles. The van der Waals surface area contributed by atoms with E-state index in [-0.39, 0.29) is 0 Å². The van der Waals surface area contributed by atoms with Crippen molar-refractivity contribution in [1.29, 1.82) is 0 Å². The highest BCUT2D eigenvalue weighted by Gasteiger charge is 2.20. The molecule has 1 saturated heterocycles. The number of aryl methyl sites for hydroxylation is 1. The Bertz CT molecular complexity index is 735. The first-order chi connectivity index (χ1) is 12.8. The third kappa shape index (κ3) is 3.51. The fourth-order valence-corrected chi connectivity index (χ4v) is 4.26. The highest BCUT2D eigenvalue weighted by molar-refractivity contribution is 5.67. The first kappa shape index (κ1) is 17.6. The molecule has 26 heavy (non-hydrogen) atoms. The summed E-state index contributed by atoms with van der Waals surface area (Å²) in [5.41, 5.74) is 5.37. The number of rotatable bonds is 5. The van der Waals surface area contributed by atoms with Gasteiger partial charge in [-0.1, -0.05) is 13.0 Å². The number of aromatic nitrogens is 2. The Kier molecular flexibility index (Phi) is 5.27. The summed E-state index contributed by atoms with van der Waals surface area (Å²) in [6.45, 7) is 8.27. The maximum absolute atomic E-state index is 5.50. The molecule has 1 aromatic carbocycles. The normalized spacial score (nSPS) is 19.4. The molecule has 5 nitrogen and oxygen atoms in total. The summed E-state index contributed by atoms with van der Waals surface area (Å²) in [4.78, 5) is 9.38. The average molecular weight is 354 g/mol. The number of anilines is 1. The van der Waals surface area contributed by atoms with Gasteiger partial charge in [-0.3, -0.25) is 4.90 Å². The lowest BCUT2D eigenvalue weighted by Gasteiger charge is -2.31. The van der Waals surface area contributed by atoms with E-state index in [1.807, 2.05) is 12.5 Å². The number of imidazole rings is 1. The number of nitrogens with zero attached hydrogens (tertiary/aromatic N) is 4. The Labute approximate surface area is 156 Å². The van der Waals surface area contributed by atoms with Gasteiger partial charge in [0.1, 0.15) is 0 Å². The van der Waals surface area contributed by atoms with Gasteiger partial charge in [0.05, 0.1) is 31.4 Å². The molecule has 0 radical (unpaired) electrons. The van der Waals surface area contributed by atoms with Crippen LogP contribution in [0.15, 0.2) is 30.7 Å². The molecule has 0 saturated carbocycles. The van der Waals surface area contributed by atoms with Crippen LogP contribution in [-0.2, 0) is 11.2 Å². The molecular formula is C21H30N4O. The van der Waals surface area contributed by atoms with Crippen molar-refractivity contribution in [3.63, 3.8) is 0 Å². The minimum atomic E-state index is 0.448. The van der Waals surface area contributed by atoms with E-state index in [0.29, 0.717) is 6.04 Å². The largest absolute Gasteiger partial charge is 0.379 e. The molecule has 5 heteroatoms. The third-order valence-corrected chi connectivity index (χ3v) is 5.83. The van der Waals surface area contributed by atoms with Crippen molar-refractivity contribution in [3.8, 4) is 11.3 Å². The molecule has 0 spiro atoms. The molecule has 4 rings (SSSR count). The van der Waals surface area contributed by atoms with Crippen molar-refractivity contribution < 1.29 is 4.74 Å². The molecule has 0 amide bonds. The van der Waals surface area contributed by atoms with Gasteiger partial charge in [0, 0.05) is 50.5 Å². The minimum Gasteiger partial charge on any atom is -0.379 e. The highest BCUT2D eigenvalue weighted by Crippen LogP contribution is 2.32. The molecular weight excluding hydrogens is 324 g/mol. The number of hydrogen-bond donors (Lipinski definition) is 0. The Morgan fingerprint density at radius 2 is 2.04 bits per heavy atom. The molecule has 3 heterocycles. The minimum absolute atomic E-state index is 0.448. The van der Waals surface area contributed by atoms with E-state index in [1.165, 1.54) is 35.3 Å². The van der Waals surface area contributed by atoms with E-state index in [0.717, 1.165) is 45.8 Å². The van der Waals surface area contributed by atoms with Crippen molar-refractivity contribution >= 4 is 5.69 Å². The molecule has 1 fully saturated rings. The molecule has 0 aliphatic carbocycles. The van der Waals surface area contributed by atoms with Crippen LogP contribution >= 0.6 is 0 Å². The Morgan fingerprint density at radius 3 is 2.85 bits per heavy atom. The molecule has 1 aromatic heterocycles. The van der Waals surface area contributed by atoms with Crippen LogP contribution in [0, 0.1) is 0 Å². The SMILES string of the molecule is CC[C@H](CN1CCOCC1)n1cncc1-c1ccc2c(c1)CCCN2C. The van der Waals surface area contributed by atoms with Gasteiger partial charge in [-0.15, -0.1) is 0 Å². The quantitative estimate of drug-likeness (QED) is 0.826. The maximum Gasteiger partial charge on any atom is 0.0954 e. The summed E-state index contributed by atoms with van der Waals surface area (Å²) in [7, 11) is 2.19. The molecule has 2 aromatic rings. The lowest BCUT2D eigenvalue weighted by Crippen LogP contribution is -2.39. The summed E-state index contributed by atoms with van der Waals surface area (Å²) >= 11 is 0. The van der Waals surface area contributed by atoms with Crippen LogP contribution in [0.5, 0.6) is 0 Å². The Morgan fingerprint density at radius 1 is 1.19 bits per heavy atom. The van der Waals surface area contributed by atoms with E-state index < -0.39 is 0 Å². The zero-order chi connectivity index (χ0) is 17.9. The zero-order valence-electron chi connectivity index (χ0n) is 16.0. The lowest BCUT2D eigenvalue weighted by molar-refractivity contribution is 0.0313. The number of hydrogen-bond acceptors (Lipinski definition) is 4. The second-order valence-electron chi connectivity index (χ2n) is 7.53. The summed E-state index contributed by atoms with van der Waals surface area (Å²) in [5.74, 6) is 0. The highest BCUT2D eigenvalue weighted by atomic mass is 16.5. The van der Waals surface area contributed by atoms with E-state index in [9.17, 15) is 0 Å². The molecule has 0 bridgehead atoms. The van der Waals surface area contributed by atoms with Crippen molar-refractivity contribution in [2.24, 2.45) is 0 Å². The van der Waals surface area contributed by atoms with E-state index in [2.05, 4.69) is 51.5 Å². The van der Waals surface area contributed by atoms with Crippen LogP contribution in [0.2, 0.25) is 0 Å². The van der Waals surface area contributed by atoms with Crippen LogP contribution < -0.4 is 4.90 Å². The number of ether oxygens (including phenoxy) is 1. The van der Waals surface area contributed by atoms with Crippen molar-refractivity contribution in [2.75, 3.05) is 51.3 Å². The first-order valence-electron chi connectivity index (χ1n) is 9.92. The smallest absolute Gasteiger partial charge is 0.0954 e. The first-order valence-corrected chi connectivity index (χ1v) is 9.92. The predicted octanol–water partition coefficient (Wildman–Crippen LogP) is 3.22. The molecule has 0 unspecified atom stereocenters. The monoisotopic (exact) mass is 354 g/mol. The zero-order valence-corrected chi connectivity index (χ0v) is 16.0. The van der Waals surface area contributed by atoms with Crippen LogP contribution in [0.3, 0.4) is 0 Å². The van der Waals surface area contributed by atoms with Crippen LogP contribution in [0.4, 0.5) is 5.69 Å². The fraction of sp³-hybridized carbons (Fsp3) is 0.571. The second kappa shape index (κ2) is 7.80. The summed E-state index contributed by atoms with van der Waals surface area (Å²) in [6.07, 6.45) is 7.55. The molecule has 2 aliphatic rings. The summed E-state index contributed by atoms with van der Waals surface area (Å²) in [6, 6.07) is 7.36. The second-order valence-corrected chi connectivity index (χ2v) is 7.53. The van der Waals surface area contributed by atoms with Crippen LogP contribution in [0.25, 0.3) is 11.3 Å². The molecule has 0 N–H and O–H groups in total. The van der Waals surface area contributed by atoms with Gasteiger partial charge >= 0.3 is 0 Å². The molecule has 1 atom stereocenters. The van der Waals surface area contributed by atoms with Gasteiger partial charge in [-0.05, 0) is 37.0 Å². The fourth-order valence-electron chi connectivity index (χ4n) is 4.26. The van der Waals surface area contributed by atoms with E-state index in [1.54, 1.807) is 0 Å². The van der Waals surface area contributed by atoms with E-state index in [4.69, 9.17) is 4.74 Å². The predicted molar refractivity (Wildman–Crippen MR) is 106 cm³/mol. The van der Waals surface area contributed by atoms with Gasteiger partial charge in [0.2, 0.25) is 0 Å². The van der Waals surface area contributed by atoms with Crippen molar-refractivity contribution in [2.45, 2.75) is 32.2 Å². The Balaban J connectivity index is 1.59. The van der Waals surface area contributed by atoms with Gasteiger partial charge in [-0.2, -0.15) is 0 Å². The third-order valence-electron chi connectivity index (χ3n) is 5.83. The van der Waals surface area contributed by atoms with E-state index >= 15 is 0 Å². The lowest BCUT2D eigenvalue weighted by atomic mass is 9.98.